The van der Waals surface area contributed by atoms with E-state index in [1.54, 1.807) is 31.5 Å². The van der Waals surface area contributed by atoms with Crippen LogP contribution in [0.25, 0.3) is 0 Å². The van der Waals surface area contributed by atoms with Gasteiger partial charge in [-0.3, -0.25) is 0 Å². The van der Waals surface area contributed by atoms with E-state index in [-0.39, 0.29) is 5.56 Å². The van der Waals surface area contributed by atoms with Crippen molar-refractivity contribution in [2.24, 2.45) is 0 Å². The summed E-state index contributed by atoms with van der Waals surface area (Å²) in [4.78, 5) is 19.5. The van der Waals surface area contributed by atoms with Gasteiger partial charge >= 0.3 is 5.97 Å². The Balaban J connectivity index is 1.62. The molecule has 26 heavy (non-hydrogen) atoms. The molecule has 0 fully saturated rings. The van der Waals surface area contributed by atoms with Gasteiger partial charge in [-0.1, -0.05) is 12.1 Å². The maximum Gasteiger partial charge on any atom is 0.335 e. The van der Waals surface area contributed by atoms with Gasteiger partial charge in [0.2, 0.25) is 5.95 Å². The Morgan fingerprint density at radius 2 is 1.81 bits per heavy atom. The number of nitrogens with one attached hydrogen (secondary N) is 2. The van der Waals surface area contributed by atoms with Gasteiger partial charge in [-0.15, -0.1) is 0 Å². The van der Waals surface area contributed by atoms with E-state index in [2.05, 4.69) is 20.6 Å². The van der Waals surface area contributed by atoms with Crippen LogP contribution in [0.15, 0.2) is 60.8 Å². The second-order valence-electron chi connectivity index (χ2n) is 5.47. The maximum absolute atomic E-state index is 10.9. The van der Waals surface area contributed by atoms with E-state index in [0.717, 1.165) is 17.0 Å². The lowest BCUT2D eigenvalue weighted by Gasteiger charge is -2.09. The van der Waals surface area contributed by atoms with Crippen LogP contribution in [0.4, 0.5) is 17.5 Å². The molecule has 1 heterocycles. The lowest BCUT2D eigenvalue weighted by molar-refractivity contribution is 0.0697. The Morgan fingerprint density at radius 3 is 2.46 bits per heavy atom. The predicted octanol–water partition coefficient (Wildman–Crippen LogP) is 3.54. The zero-order chi connectivity index (χ0) is 18.4. The fourth-order valence-corrected chi connectivity index (χ4v) is 2.28. The molecule has 0 aliphatic rings. The minimum atomic E-state index is -0.955. The standard InChI is InChI=1S/C19H18N4O3/c1-26-16-8-2-13(3-9-16)12-21-19-20-11-10-17(23-19)22-15-6-4-14(5-7-15)18(24)25/h2-11H,12H2,1H3,(H,24,25)(H2,20,21,22,23). The molecule has 0 saturated carbocycles. The van der Waals surface area contributed by atoms with Gasteiger partial charge in [-0.05, 0) is 48.0 Å². The van der Waals surface area contributed by atoms with E-state index in [1.807, 2.05) is 24.3 Å². The molecule has 0 atom stereocenters. The summed E-state index contributed by atoms with van der Waals surface area (Å²) in [5.41, 5.74) is 2.06. The maximum atomic E-state index is 10.9. The van der Waals surface area contributed by atoms with E-state index in [1.165, 1.54) is 12.1 Å². The third-order valence-electron chi connectivity index (χ3n) is 3.67. The van der Waals surface area contributed by atoms with Crippen LogP contribution < -0.4 is 15.4 Å². The number of anilines is 3. The van der Waals surface area contributed by atoms with Crippen molar-refractivity contribution in [2.45, 2.75) is 6.54 Å². The molecule has 7 heteroatoms. The Bertz CT molecular complexity index is 880. The Kier molecular flexibility index (Phi) is 5.28. The topological polar surface area (TPSA) is 96.4 Å². The molecule has 0 saturated heterocycles. The van der Waals surface area contributed by atoms with E-state index < -0.39 is 5.97 Å². The fourth-order valence-electron chi connectivity index (χ4n) is 2.28. The molecule has 132 valence electrons. The highest BCUT2D eigenvalue weighted by molar-refractivity contribution is 5.88. The normalized spacial score (nSPS) is 10.2. The molecule has 3 N–H and O–H groups in total. The number of rotatable bonds is 7. The zero-order valence-electron chi connectivity index (χ0n) is 14.1. The molecule has 0 aliphatic carbocycles. The van der Waals surface area contributed by atoms with Crippen molar-refractivity contribution in [1.82, 2.24) is 9.97 Å². The average Bonchev–Trinajstić information content (AvgIpc) is 2.67. The summed E-state index contributed by atoms with van der Waals surface area (Å²) in [5, 5.41) is 15.2. The molecule has 2 aromatic carbocycles. The van der Waals surface area contributed by atoms with Crippen LogP contribution in [0.5, 0.6) is 5.75 Å². The van der Waals surface area contributed by atoms with Crippen LogP contribution in [0, 0.1) is 0 Å². The number of carboxylic acid groups (broad SMARTS) is 1. The summed E-state index contributed by atoms with van der Waals surface area (Å²) >= 11 is 0. The number of benzene rings is 2. The second-order valence-corrected chi connectivity index (χ2v) is 5.47. The minimum absolute atomic E-state index is 0.236. The highest BCUT2D eigenvalue weighted by atomic mass is 16.5. The summed E-state index contributed by atoms with van der Waals surface area (Å²) in [5.74, 6) is 0.960. The number of ether oxygens (including phenoxy) is 1. The number of aromatic carboxylic acids is 1. The number of carboxylic acids is 1. The molecule has 0 bridgehead atoms. The van der Waals surface area contributed by atoms with Crippen molar-refractivity contribution < 1.29 is 14.6 Å². The van der Waals surface area contributed by atoms with Gasteiger partial charge in [-0.2, -0.15) is 4.98 Å². The molecule has 0 radical (unpaired) electrons. The summed E-state index contributed by atoms with van der Waals surface area (Å²) in [6.45, 7) is 0.584. The molecule has 1 aromatic heterocycles. The van der Waals surface area contributed by atoms with Crippen molar-refractivity contribution in [1.29, 1.82) is 0 Å². The first kappa shape index (κ1) is 17.2. The quantitative estimate of drug-likeness (QED) is 0.600. The molecule has 0 aliphatic heterocycles. The first-order valence-electron chi connectivity index (χ1n) is 7.94. The first-order chi connectivity index (χ1) is 12.6. The SMILES string of the molecule is COc1ccc(CNc2nccc(Nc3ccc(C(=O)O)cc3)n2)cc1. The van der Waals surface area contributed by atoms with Crippen molar-refractivity contribution in [3.8, 4) is 5.75 Å². The van der Waals surface area contributed by atoms with Crippen LogP contribution in [-0.4, -0.2) is 28.2 Å². The smallest absolute Gasteiger partial charge is 0.335 e. The van der Waals surface area contributed by atoms with Crippen molar-refractivity contribution in [2.75, 3.05) is 17.7 Å². The van der Waals surface area contributed by atoms with Crippen LogP contribution in [0.1, 0.15) is 15.9 Å². The summed E-state index contributed by atoms with van der Waals surface area (Å²) in [7, 11) is 1.63. The van der Waals surface area contributed by atoms with Gasteiger partial charge in [0, 0.05) is 18.4 Å². The van der Waals surface area contributed by atoms with Gasteiger partial charge in [-0.25, -0.2) is 9.78 Å². The second kappa shape index (κ2) is 7.98. The molecule has 0 amide bonds. The molecule has 0 unspecified atom stereocenters. The number of nitrogens with zero attached hydrogens (tertiary/aromatic N) is 2. The number of carbonyl (C=O) groups is 1. The monoisotopic (exact) mass is 350 g/mol. The fraction of sp³-hybridized carbons (Fsp3) is 0.105. The Morgan fingerprint density at radius 1 is 1.08 bits per heavy atom. The predicted molar refractivity (Wildman–Crippen MR) is 99.0 cm³/mol. The highest BCUT2D eigenvalue weighted by Gasteiger charge is 2.04. The molecule has 3 rings (SSSR count). The van der Waals surface area contributed by atoms with Crippen LogP contribution in [0.3, 0.4) is 0 Å². The third kappa shape index (κ3) is 4.47. The van der Waals surface area contributed by atoms with Crippen molar-refractivity contribution in [3.05, 3.63) is 71.9 Å². The molecule has 7 nitrogen and oxygen atoms in total. The van der Waals surface area contributed by atoms with E-state index >= 15 is 0 Å². The summed E-state index contributed by atoms with van der Waals surface area (Å²) in [6, 6.07) is 15.9. The molecule has 0 spiro atoms. The first-order valence-corrected chi connectivity index (χ1v) is 7.94. The van der Waals surface area contributed by atoms with Crippen molar-refractivity contribution >= 4 is 23.4 Å². The number of methoxy groups -OCH3 is 1. The molecule has 3 aromatic rings. The van der Waals surface area contributed by atoms with E-state index in [0.29, 0.717) is 18.3 Å². The average molecular weight is 350 g/mol. The van der Waals surface area contributed by atoms with E-state index in [4.69, 9.17) is 9.84 Å². The lowest BCUT2D eigenvalue weighted by atomic mass is 10.2. The highest BCUT2D eigenvalue weighted by Crippen LogP contribution is 2.17. The largest absolute Gasteiger partial charge is 0.497 e. The number of hydrogen-bond donors (Lipinski definition) is 3. The summed E-state index contributed by atoms with van der Waals surface area (Å²) < 4.78 is 5.14. The minimum Gasteiger partial charge on any atom is -0.497 e. The lowest BCUT2D eigenvalue weighted by Crippen LogP contribution is -2.05. The van der Waals surface area contributed by atoms with Crippen LogP contribution >= 0.6 is 0 Å². The third-order valence-corrected chi connectivity index (χ3v) is 3.67. The summed E-state index contributed by atoms with van der Waals surface area (Å²) in [6.07, 6.45) is 1.65. The zero-order valence-corrected chi connectivity index (χ0v) is 14.1. The van der Waals surface area contributed by atoms with Gasteiger partial charge < -0.3 is 20.5 Å². The molecular formula is C19H18N4O3. The van der Waals surface area contributed by atoms with Crippen LogP contribution in [0.2, 0.25) is 0 Å². The van der Waals surface area contributed by atoms with Gasteiger partial charge in [0.15, 0.2) is 0 Å². The van der Waals surface area contributed by atoms with Crippen LogP contribution in [-0.2, 0) is 6.54 Å². The Labute approximate surface area is 150 Å². The van der Waals surface area contributed by atoms with Crippen molar-refractivity contribution in [3.63, 3.8) is 0 Å². The number of aromatic nitrogens is 2. The van der Waals surface area contributed by atoms with Gasteiger partial charge in [0.05, 0.1) is 12.7 Å². The molecular weight excluding hydrogens is 332 g/mol. The Hall–Kier alpha value is -3.61. The van der Waals surface area contributed by atoms with Gasteiger partial charge in [0.25, 0.3) is 0 Å². The van der Waals surface area contributed by atoms with Gasteiger partial charge in [0.1, 0.15) is 11.6 Å². The van der Waals surface area contributed by atoms with E-state index in [9.17, 15) is 4.79 Å². The number of hydrogen-bond acceptors (Lipinski definition) is 6.